The van der Waals surface area contributed by atoms with Gasteiger partial charge in [0.15, 0.2) is 23.1 Å². The van der Waals surface area contributed by atoms with Crippen LogP contribution in [0.25, 0.3) is 0 Å². The number of aryl methyl sites for hydroxylation is 2. The monoisotopic (exact) mass is 548 g/mol. The molecule has 0 radical (unpaired) electrons. The lowest BCUT2D eigenvalue weighted by molar-refractivity contribution is -0.143. The number of nitrogens with one attached hydrogen (secondary N) is 1. The summed E-state index contributed by atoms with van der Waals surface area (Å²) < 4.78 is 30.9. The molecule has 40 heavy (non-hydrogen) atoms. The Morgan fingerprint density at radius 2 is 1.73 bits per heavy atom. The minimum absolute atomic E-state index is 0.0634. The zero-order valence-electron chi connectivity index (χ0n) is 22.8. The van der Waals surface area contributed by atoms with E-state index in [1.807, 2.05) is 43.0 Å². The van der Waals surface area contributed by atoms with Crippen LogP contribution < -0.4 is 19.5 Å². The largest absolute Gasteiger partial charge is 0.494 e. The van der Waals surface area contributed by atoms with Crippen molar-refractivity contribution in [3.63, 3.8) is 0 Å². The van der Waals surface area contributed by atoms with Crippen molar-refractivity contribution >= 4 is 17.6 Å². The zero-order chi connectivity index (χ0) is 28.4. The maximum absolute atomic E-state index is 14.8. The first kappa shape index (κ1) is 27.5. The Bertz CT molecular complexity index is 1400. The molecule has 0 saturated carbocycles. The van der Waals surface area contributed by atoms with Crippen LogP contribution in [0.3, 0.4) is 0 Å². The number of halogens is 1. The smallest absolute Gasteiger partial charge is 0.309 e. The number of rotatable bonds is 9. The third kappa shape index (κ3) is 5.21. The average Bonchev–Trinajstić information content (AvgIpc) is 3.57. The summed E-state index contributed by atoms with van der Waals surface area (Å²) in [7, 11) is 1.37. The summed E-state index contributed by atoms with van der Waals surface area (Å²) >= 11 is 0. The first-order valence-corrected chi connectivity index (χ1v) is 13.4. The van der Waals surface area contributed by atoms with Gasteiger partial charge < -0.3 is 24.6 Å². The molecule has 0 spiro atoms. The van der Waals surface area contributed by atoms with Crippen molar-refractivity contribution in [2.24, 2.45) is 5.92 Å². The molecule has 1 fully saturated rings. The minimum Gasteiger partial charge on any atom is -0.494 e. The summed E-state index contributed by atoms with van der Waals surface area (Å²) in [6.07, 6.45) is 1.52. The Hall–Kier alpha value is -4.11. The van der Waals surface area contributed by atoms with Crippen molar-refractivity contribution in [3.8, 4) is 17.2 Å². The fourth-order valence-corrected chi connectivity index (χ4v) is 5.90. The fourth-order valence-electron chi connectivity index (χ4n) is 5.90. The maximum Gasteiger partial charge on any atom is 0.309 e. The topological polar surface area (TPSA) is 97.3 Å². The van der Waals surface area contributed by atoms with Crippen molar-refractivity contribution in [1.82, 2.24) is 4.90 Å². The number of amides is 1. The van der Waals surface area contributed by atoms with Gasteiger partial charge in [0.25, 0.3) is 0 Å². The number of likely N-dealkylation sites (tertiary alicyclic amines) is 1. The van der Waals surface area contributed by atoms with E-state index in [1.54, 1.807) is 18.2 Å². The highest BCUT2D eigenvalue weighted by atomic mass is 19.1. The molecule has 0 bridgehead atoms. The Labute approximate surface area is 232 Å². The van der Waals surface area contributed by atoms with Gasteiger partial charge in [0.2, 0.25) is 12.7 Å². The van der Waals surface area contributed by atoms with Gasteiger partial charge in [-0.3, -0.25) is 14.5 Å². The molecule has 1 saturated heterocycles. The molecule has 3 unspecified atom stereocenters. The second-order valence-corrected chi connectivity index (χ2v) is 10.1. The predicted octanol–water partition coefficient (Wildman–Crippen LogP) is 5.17. The van der Waals surface area contributed by atoms with Crippen LogP contribution in [0.5, 0.6) is 17.2 Å². The number of carboxylic acid groups (broad SMARTS) is 1. The van der Waals surface area contributed by atoms with Crippen LogP contribution in [0.1, 0.15) is 48.1 Å². The lowest BCUT2D eigenvalue weighted by atomic mass is 9.82. The number of aliphatic carboxylic acids is 1. The third-order valence-corrected chi connectivity index (χ3v) is 7.84. The molecule has 0 aromatic heterocycles. The number of hydrogen-bond donors (Lipinski definition) is 2. The summed E-state index contributed by atoms with van der Waals surface area (Å²) in [6.45, 7) is 4.38. The van der Waals surface area contributed by atoms with Crippen molar-refractivity contribution < 1.29 is 33.3 Å². The molecular formula is C31H33FN2O6. The highest BCUT2D eigenvalue weighted by molar-refractivity contribution is 5.94. The second kappa shape index (κ2) is 11.6. The summed E-state index contributed by atoms with van der Waals surface area (Å²) in [5.74, 6) is -2.10. The van der Waals surface area contributed by atoms with Crippen molar-refractivity contribution in [2.45, 2.75) is 38.6 Å². The van der Waals surface area contributed by atoms with Crippen LogP contribution in [0, 0.1) is 11.7 Å². The number of hydrogen-bond acceptors (Lipinski definition) is 6. The van der Waals surface area contributed by atoms with Crippen LogP contribution in [-0.4, -0.2) is 48.9 Å². The number of methoxy groups -OCH3 is 1. The Kier molecular flexibility index (Phi) is 7.93. The number of carbonyl (C=O) groups is 2. The average molecular weight is 549 g/mol. The molecule has 8 nitrogen and oxygen atoms in total. The summed E-state index contributed by atoms with van der Waals surface area (Å²) in [4.78, 5) is 28.1. The van der Waals surface area contributed by atoms with Gasteiger partial charge in [-0.1, -0.05) is 44.2 Å². The molecule has 2 aliphatic rings. The van der Waals surface area contributed by atoms with Crippen LogP contribution in [0.2, 0.25) is 0 Å². The van der Waals surface area contributed by atoms with E-state index in [-0.39, 0.29) is 31.5 Å². The number of carbonyl (C=O) groups excluding carboxylic acids is 1. The SMILES string of the molecule is CCc1cccc(CC)c1NC(=O)CN1CC(c2ccc3c(c2)OCO3)C(C(=O)O)C1c1ccc(OC)c(F)c1. The van der Waals surface area contributed by atoms with Crippen LogP contribution in [0.4, 0.5) is 10.1 Å². The lowest BCUT2D eigenvalue weighted by Crippen LogP contribution is -2.35. The molecular weight excluding hydrogens is 515 g/mol. The molecule has 3 aromatic rings. The minimum atomic E-state index is -1.03. The van der Waals surface area contributed by atoms with E-state index in [2.05, 4.69) is 5.32 Å². The number of nitrogens with zero attached hydrogens (tertiary/aromatic N) is 1. The van der Waals surface area contributed by atoms with Gasteiger partial charge in [-0.05, 0) is 59.4 Å². The van der Waals surface area contributed by atoms with Crippen molar-refractivity contribution in [2.75, 3.05) is 32.3 Å². The molecule has 2 aliphatic heterocycles. The number of fused-ring (bicyclic) bond motifs is 1. The van der Waals surface area contributed by atoms with Gasteiger partial charge in [0.1, 0.15) is 0 Å². The zero-order valence-corrected chi connectivity index (χ0v) is 22.8. The van der Waals surface area contributed by atoms with Crippen molar-refractivity contribution in [1.29, 1.82) is 0 Å². The van der Waals surface area contributed by atoms with E-state index >= 15 is 0 Å². The van der Waals surface area contributed by atoms with Gasteiger partial charge in [-0.25, -0.2) is 4.39 Å². The predicted molar refractivity (Wildman–Crippen MR) is 148 cm³/mol. The molecule has 3 aromatic carbocycles. The first-order chi connectivity index (χ1) is 19.3. The van der Waals surface area contributed by atoms with E-state index in [4.69, 9.17) is 14.2 Å². The fraction of sp³-hybridized carbons (Fsp3) is 0.355. The van der Waals surface area contributed by atoms with Gasteiger partial charge in [0.05, 0.1) is 19.6 Å². The Balaban J connectivity index is 1.51. The second-order valence-electron chi connectivity index (χ2n) is 10.1. The van der Waals surface area contributed by atoms with Crippen molar-refractivity contribution in [3.05, 3.63) is 82.7 Å². The molecule has 5 rings (SSSR count). The first-order valence-electron chi connectivity index (χ1n) is 13.4. The van der Waals surface area contributed by atoms with E-state index in [1.165, 1.54) is 19.2 Å². The summed E-state index contributed by atoms with van der Waals surface area (Å²) in [5, 5.41) is 13.5. The standard InChI is InChI=1S/C31H33FN2O6/c1-4-18-7-6-8-19(5-2)29(18)33-27(35)16-34-15-22(20-9-12-25-26(14-20)40-17-39-25)28(31(36)37)30(34)21-10-11-24(38-3)23(32)13-21/h6-14,22,28,30H,4-5,15-17H2,1-3H3,(H,33,35)(H,36,37). The molecule has 0 aliphatic carbocycles. The third-order valence-electron chi connectivity index (χ3n) is 7.84. The molecule has 2 N–H and O–H groups in total. The van der Waals surface area contributed by atoms with Gasteiger partial charge in [0, 0.05) is 24.2 Å². The highest BCUT2D eigenvalue weighted by Crippen LogP contribution is 2.48. The van der Waals surface area contributed by atoms with Crippen LogP contribution in [0.15, 0.2) is 54.6 Å². The van der Waals surface area contributed by atoms with E-state index in [0.717, 1.165) is 35.2 Å². The number of carboxylic acids is 1. The quantitative estimate of drug-likeness (QED) is 0.381. The molecule has 2 heterocycles. The lowest BCUT2D eigenvalue weighted by Gasteiger charge is -2.27. The molecule has 9 heteroatoms. The van der Waals surface area contributed by atoms with Gasteiger partial charge in [-0.2, -0.15) is 0 Å². The number of anilines is 1. The summed E-state index contributed by atoms with van der Waals surface area (Å²) in [6, 6.07) is 15.0. The summed E-state index contributed by atoms with van der Waals surface area (Å²) in [5.41, 5.74) is 4.08. The number of ether oxygens (including phenoxy) is 3. The molecule has 1 amide bonds. The normalized spacial score (nSPS) is 19.9. The maximum atomic E-state index is 14.8. The van der Waals surface area contributed by atoms with Crippen LogP contribution >= 0.6 is 0 Å². The number of para-hydroxylation sites is 1. The van der Waals surface area contributed by atoms with E-state index in [9.17, 15) is 19.1 Å². The number of benzene rings is 3. The Morgan fingerprint density at radius 3 is 2.38 bits per heavy atom. The van der Waals surface area contributed by atoms with Crippen LogP contribution in [-0.2, 0) is 22.4 Å². The Morgan fingerprint density at radius 1 is 1.02 bits per heavy atom. The van der Waals surface area contributed by atoms with E-state index in [0.29, 0.717) is 17.1 Å². The van der Waals surface area contributed by atoms with Gasteiger partial charge >= 0.3 is 5.97 Å². The highest BCUT2D eigenvalue weighted by Gasteiger charge is 2.48. The molecule has 210 valence electrons. The van der Waals surface area contributed by atoms with Gasteiger partial charge in [-0.15, -0.1) is 0 Å². The van der Waals surface area contributed by atoms with E-state index < -0.39 is 29.7 Å². The molecule has 3 atom stereocenters.